The Labute approximate surface area is 121 Å². The molecule has 0 aromatic heterocycles. The van der Waals surface area contributed by atoms with Gasteiger partial charge in [0.2, 0.25) is 0 Å². The lowest BCUT2D eigenvalue weighted by Gasteiger charge is -2.19. The van der Waals surface area contributed by atoms with Crippen LogP contribution in [-0.4, -0.2) is 25.8 Å². The van der Waals surface area contributed by atoms with Gasteiger partial charge in [0.25, 0.3) is 0 Å². The maximum atomic E-state index is 12.6. The van der Waals surface area contributed by atoms with Crippen molar-refractivity contribution in [2.45, 2.75) is 25.6 Å². The molecule has 1 saturated heterocycles. The van der Waals surface area contributed by atoms with Crippen LogP contribution in [0.2, 0.25) is 0 Å². The lowest BCUT2D eigenvalue weighted by molar-refractivity contribution is -0.137. The van der Waals surface area contributed by atoms with Crippen LogP contribution in [0, 0.1) is 0 Å². The summed E-state index contributed by atoms with van der Waals surface area (Å²) in [5, 5.41) is 0. The summed E-state index contributed by atoms with van der Waals surface area (Å²) in [5.74, 6) is 0. The first-order valence-corrected chi connectivity index (χ1v) is 7.86. The smallest absolute Gasteiger partial charge is 0.326 e. The minimum absolute atomic E-state index is 0.0809. The zero-order valence-corrected chi connectivity index (χ0v) is 12.0. The average Bonchev–Trinajstić information content (AvgIpc) is 2.92. The van der Waals surface area contributed by atoms with Crippen LogP contribution in [0.5, 0.6) is 0 Å². The number of halogens is 3. The van der Waals surface area contributed by atoms with Gasteiger partial charge in [0.15, 0.2) is 0 Å². The largest absolute Gasteiger partial charge is 0.416 e. The van der Waals surface area contributed by atoms with E-state index in [9.17, 15) is 21.6 Å². The molecule has 2 rings (SSSR count). The number of anilines is 1. The molecule has 0 spiro atoms. The Morgan fingerprint density at radius 3 is 2.38 bits per heavy atom. The molecule has 5 nitrogen and oxygen atoms in total. The van der Waals surface area contributed by atoms with Crippen molar-refractivity contribution in [1.82, 2.24) is 4.31 Å². The van der Waals surface area contributed by atoms with Crippen LogP contribution in [0.1, 0.15) is 24.0 Å². The molecule has 0 atom stereocenters. The number of benzene rings is 1. The van der Waals surface area contributed by atoms with Gasteiger partial charge < -0.3 is 5.73 Å². The molecule has 1 aromatic carbocycles. The van der Waals surface area contributed by atoms with Crippen molar-refractivity contribution in [3.05, 3.63) is 29.3 Å². The third-order valence-corrected chi connectivity index (χ3v) is 4.82. The fourth-order valence-corrected chi connectivity index (χ4v) is 3.52. The molecule has 9 heteroatoms. The SMILES string of the molecule is NCc1cc(C(F)(F)F)ccc1NS(=O)(=O)N1CCCC1. The Kier molecular flexibility index (Phi) is 4.45. The highest BCUT2D eigenvalue weighted by atomic mass is 32.2. The maximum Gasteiger partial charge on any atom is 0.416 e. The molecule has 1 heterocycles. The number of hydrogen-bond acceptors (Lipinski definition) is 3. The monoisotopic (exact) mass is 323 g/mol. The highest BCUT2D eigenvalue weighted by molar-refractivity contribution is 7.90. The lowest BCUT2D eigenvalue weighted by atomic mass is 10.1. The highest BCUT2D eigenvalue weighted by Crippen LogP contribution is 2.32. The van der Waals surface area contributed by atoms with E-state index in [2.05, 4.69) is 4.72 Å². The van der Waals surface area contributed by atoms with E-state index in [-0.39, 0.29) is 17.8 Å². The maximum absolute atomic E-state index is 12.6. The first-order valence-electron chi connectivity index (χ1n) is 6.42. The van der Waals surface area contributed by atoms with Crippen molar-refractivity contribution in [1.29, 1.82) is 0 Å². The van der Waals surface area contributed by atoms with Gasteiger partial charge in [-0.05, 0) is 36.6 Å². The summed E-state index contributed by atoms with van der Waals surface area (Å²) in [5.41, 5.74) is 4.75. The lowest BCUT2D eigenvalue weighted by Crippen LogP contribution is -2.33. The summed E-state index contributed by atoms with van der Waals surface area (Å²) in [4.78, 5) is 0. The summed E-state index contributed by atoms with van der Waals surface area (Å²) >= 11 is 0. The molecule has 1 fully saturated rings. The molecule has 3 N–H and O–H groups in total. The van der Waals surface area contributed by atoms with Crippen LogP contribution in [0.25, 0.3) is 0 Å². The molecular formula is C12H16F3N3O2S. The number of nitrogens with two attached hydrogens (primary N) is 1. The second kappa shape index (κ2) is 5.82. The normalized spacial score (nSPS) is 17.1. The van der Waals surface area contributed by atoms with Crippen LogP contribution in [0.15, 0.2) is 18.2 Å². The molecule has 0 unspecified atom stereocenters. The molecular weight excluding hydrogens is 307 g/mol. The van der Waals surface area contributed by atoms with Crippen LogP contribution in [0.3, 0.4) is 0 Å². The molecule has 0 amide bonds. The van der Waals surface area contributed by atoms with E-state index in [0.29, 0.717) is 13.1 Å². The van der Waals surface area contributed by atoms with E-state index < -0.39 is 21.9 Å². The number of rotatable bonds is 4. The van der Waals surface area contributed by atoms with Crippen LogP contribution >= 0.6 is 0 Å². The summed E-state index contributed by atoms with van der Waals surface area (Å²) < 4.78 is 65.7. The van der Waals surface area contributed by atoms with Gasteiger partial charge in [-0.15, -0.1) is 0 Å². The van der Waals surface area contributed by atoms with E-state index in [4.69, 9.17) is 5.73 Å². The first-order chi connectivity index (χ1) is 9.74. The van der Waals surface area contributed by atoms with Gasteiger partial charge in [-0.3, -0.25) is 4.72 Å². The number of nitrogens with zero attached hydrogens (tertiary/aromatic N) is 1. The van der Waals surface area contributed by atoms with Crippen LogP contribution in [-0.2, 0) is 22.9 Å². The van der Waals surface area contributed by atoms with Gasteiger partial charge in [0.05, 0.1) is 11.3 Å². The topological polar surface area (TPSA) is 75.4 Å². The standard InChI is InChI=1S/C12H16F3N3O2S/c13-12(14,15)10-3-4-11(9(7-10)8-16)17-21(19,20)18-5-1-2-6-18/h3-4,7,17H,1-2,5-6,8,16H2. The molecule has 21 heavy (non-hydrogen) atoms. The minimum atomic E-state index is -4.49. The van der Waals surface area contributed by atoms with Crippen molar-refractivity contribution in [3.8, 4) is 0 Å². The summed E-state index contributed by atoms with van der Waals surface area (Å²) in [6, 6.07) is 2.79. The quantitative estimate of drug-likeness (QED) is 0.889. The molecule has 1 aromatic rings. The molecule has 1 aliphatic rings. The third-order valence-electron chi connectivity index (χ3n) is 3.30. The van der Waals surface area contributed by atoms with E-state index in [0.717, 1.165) is 31.0 Å². The number of hydrogen-bond donors (Lipinski definition) is 2. The van der Waals surface area contributed by atoms with Gasteiger partial charge in [-0.2, -0.15) is 25.9 Å². The molecule has 118 valence electrons. The Morgan fingerprint density at radius 2 is 1.86 bits per heavy atom. The second-order valence-electron chi connectivity index (χ2n) is 4.79. The van der Waals surface area contributed by atoms with E-state index >= 15 is 0 Å². The fourth-order valence-electron chi connectivity index (χ4n) is 2.17. The van der Waals surface area contributed by atoms with Crippen LogP contribution < -0.4 is 10.5 Å². The van der Waals surface area contributed by atoms with E-state index in [1.54, 1.807) is 0 Å². The van der Waals surface area contributed by atoms with Crippen LogP contribution in [0.4, 0.5) is 18.9 Å². The average molecular weight is 323 g/mol. The highest BCUT2D eigenvalue weighted by Gasteiger charge is 2.31. The van der Waals surface area contributed by atoms with Crippen molar-refractivity contribution in [3.63, 3.8) is 0 Å². The van der Waals surface area contributed by atoms with Gasteiger partial charge >= 0.3 is 16.4 Å². The summed E-state index contributed by atoms with van der Waals surface area (Å²) in [6.07, 6.45) is -2.94. The van der Waals surface area contributed by atoms with Crippen molar-refractivity contribution in [2.75, 3.05) is 17.8 Å². The third kappa shape index (κ3) is 3.66. The Balaban J connectivity index is 2.28. The molecule has 1 aliphatic heterocycles. The van der Waals surface area contributed by atoms with Gasteiger partial charge in [-0.25, -0.2) is 0 Å². The Bertz CT molecular complexity index is 611. The van der Waals surface area contributed by atoms with Gasteiger partial charge in [-0.1, -0.05) is 0 Å². The molecule has 0 bridgehead atoms. The number of nitrogens with one attached hydrogen (secondary N) is 1. The molecule has 0 aliphatic carbocycles. The van der Waals surface area contributed by atoms with Crippen molar-refractivity contribution >= 4 is 15.9 Å². The van der Waals surface area contributed by atoms with Crippen molar-refractivity contribution in [2.24, 2.45) is 5.73 Å². The molecule has 0 saturated carbocycles. The summed E-state index contributed by atoms with van der Waals surface area (Å²) in [7, 11) is -3.75. The zero-order chi connectivity index (χ0) is 15.7. The minimum Gasteiger partial charge on any atom is -0.326 e. The first kappa shape index (κ1) is 16.1. The predicted molar refractivity (Wildman–Crippen MR) is 72.7 cm³/mol. The fraction of sp³-hybridized carbons (Fsp3) is 0.500. The van der Waals surface area contributed by atoms with E-state index in [1.807, 2.05) is 0 Å². The Hall–Kier alpha value is -1.32. The zero-order valence-electron chi connectivity index (χ0n) is 11.2. The van der Waals surface area contributed by atoms with Gasteiger partial charge in [0.1, 0.15) is 0 Å². The van der Waals surface area contributed by atoms with Crippen molar-refractivity contribution < 1.29 is 21.6 Å². The number of alkyl halides is 3. The second-order valence-corrected chi connectivity index (χ2v) is 6.46. The Morgan fingerprint density at radius 1 is 1.24 bits per heavy atom. The predicted octanol–water partition coefficient (Wildman–Crippen LogP) is 1.92. The summed E-state index contributed by atoms with van der Waals surface area (Å²) in [6.45, 7) is 0.629. The van der Waals surface area contributed by atoms with E-state index in [1.165, 1.54) is 4.31 Å². The molecule has 0 radical (unpaired) electrons. The van der Waals surface area contributed by atoms with Gasteiger partial charge in [0, 0.05) is 19.6 Å².